The second-order valence-electron chi connectivity index (χ2n) is 5.33. The molecule has 0 saturated carbocycles. The molecule has 0 radical (unpaired) electrons. The van der Waals surface area contributed by atoms with Crippen LogP contribution in [0.5, 0.6) is 0 Å². The molecule has 1 aliphatic rings. The Morgan fingerprint density at radius 1 is 1.35 bits per heavy atom. The predicted molar refractivity (Wildman–Crippen MR) is 86.7 cm³/mol. The van der Waals surface area contributed by atoms with Crippen molar-refractivity contribution in [3.63, 3.8) is 0 Å². The van der Waals surface area contributed by atoms with Crippen LogP contribution in [0.1, 0.15) is 24.8 Å². The van der Waals surface area contributed by atoms with E-state index in [2.05, 4.69) is 15.1 Å². The molecule has 2 aromatic heterocycles. The molecule has 1 unspecified atom stereocenters. The summed E-state index contributed by atoms with van der Waals surface area (Å²) in [7, 11) is 0. The maximum atomic E-state index is 12.8. The minimum Gasteiger partial charge on any atom is -0.383 e. The van der Waals surface area contributed by atoms with Gasteiger partial charge in [0, 0.05) is 18.3 Å². The highest BCUT2D eigenvalue weighted by Crippen LogP contribution is 2.39. The Bertz CT molecular complexity index is 714. The molecule has 2 aromatic rings. The summed E-state index contributed by atoms with van der Waals surface area (Å²) in [4.78, 5) is 8.32. The van der Waals surface area contributed by atoms with Gasteiger partial charge in [0.1, 0.15) is 10.8 Å². The van der Waals surface area contributed by atoms with Crippen molar-refractivity contribution in [2.75, 3.05) is 12.0 Å². The average molecular weight is 337 g/mol. The standard InChI is InChI=1S/C15H17F2N5S/c1-23-14-11(9-3-5-10(6-4-9)12(16)17)13(18)22(21-14)15-19-7-2-8-20-15/h2-3,7-8,10,12H,4-6,18H2,1H3. The van der Waals surface area contributed by atoms with Crippen molar-refractivity contribution < 1.29 is 8.78 Å². The fraction of sp³-hybridized carbons (Fsp3) is 0.400. The molecular weight excluding hydrogens is 320 g/mol. The summed E-state index contributed by atoms with van der Waals surface area (Å²) in [6, 6.07) is 1.72. The highest BCUT2D eigenvalue weighted by atomic mass is 32.2. The summed E-state index contributed by atoms with van der Waals surface area (Å²) in [5.41, 5.74) is 8.05. The van der Waals surface area contributed by atoms with E-state index in [-0.39, 0.29) is 0 Å². The van der Waals surface area contributed by atoms with Crippen LogP contribution in [-0.2, 0) is 0 Å². The van der Waals surface area contributed by atoms with Crippen molar-refractivity contribution in [3.05, 3.63) is 30.1 Å². The zero-order valence-electron chi connectivity index (χ0n) is 12.6. The Morgan fingerprint density at radius 3 is 2.65 bits per heavy atom. The molecule has 5 nitrogen and oxygen atoms in total. The van der Waals surface area contributed by atoms with E-state index in [0.717, 1.165) is 16.2 Å². The average Bonchev–Trinajstić information content (AvgIpc) is 2.92. The van der Waals surface area contributed by atoms with Crippen LogP contribution in [0.25, 0.3) is 11.5 Å². The van der Waals surface area contributed by atoms with Crippen molar-refractivity contribution in [2.24, 2.45) is 5.92 Å². The second-order valence-corrected chi connectivity index (χ2v) is 6.12. The third kappa shape index (κ3) is 3.08. The number of nitrogens with zero attached hydrogens (tertiary/aromatic N) is 4. The number of allylic oxidation sites excluding steroid dienone is 2. The molecular formula is C15H17F2N5S. The van der Waals surface area contributed by atoms with E-state index < -0.39 is 12.3 Å². The summed E-state index contributed by atoms with van der Waals surface area (Å²) in [6.07, 6.45) is 6.15. The van der Waals surface area contributed by atoms with Crippen molar-refractivity contribution in [3.8, 4) is 5.95 Å². The SMILES string of the molecule is CSc1nn(-c2ncccn2)c(N)c1C1=CCC(C(F)F)CC1. The lowest BCUT2D eigenvalue weighted by molar-refractivity contribution is 0.0729. The smallest absolute Gasteiger partial charge is 0.252 e. The molecule has 8 heteroatoms. The van der Waals surface area contributed by atoms with Gasteiger partial charge in [-0.25, -0.2) is 18.7 Å². The van der Waals surface area contributed by atoms with Crippen LogP contribution in [-0.4, -0.2) is 32.4 Å². The number of anilines is 1. The Labute approximate surface area is 137 Å². The van der Waals surface area contributed by atoms with E-state index in [4.69, 9.17) is 5.73 Å². The van der Waals surface area contributed by atoms with E-state index in [1.54, 1.807) is 18.5 Å². The highest BCUT2D eigenvalue weighted by molar-refractivity contribution is 7.98. The Kier molecular flexibility index (Phi) is 4.61. The third-order valence-electron chi connectivity index (χ3n) is 3.95. The number of nitrogens with two attached hydrogens (primary N) is 1. The summed E-state index contributed by atoms with van der Waals surface area (Å²) in [5.74, 6) is 0.279. The first-order valence-corrected chi connectivity index (χ1v) is 8.51. The first-order chi connectivity index (χ1) is 11.1. The lowest BCUT2D eigenvalue weighted by Crippen LogP contribution is -2.14. The number of hydrogen-bond donors (Lipinski definition) is 1. The maximum absolute atomic E-state index is 12.8. The Hall–Kier alpha value is -1.96. The van der Waals surface area contributed by atoms with Gasteiger partial charge < -0.3 is 5.73 Å². The predicted octanol–water partition coefficient (Wildman–Crippen LogP) is 3.42. The summed E-state index contributed by atoms with van der Waals surface area (Å²) in [6.45, 7) is 0. The van der Waals surface area contributed by atoms with E-state index in [0.29, 0.717) is 31.0 Å². The van der Waals surface area contributed by atoms with Gasteiger partial charge in [0.05, 0.1) is 5.56 Å². The quantitative estimate of drug-likeness (QED) is 0.866. The number of halogens is 2. The second kappa shape index (κ2) is 6.66. The van der Waals surface area contributed by atoms with Crippen LogP contribution in [0.4, 0.5) is 14.6 Å². The van der Waals surface area contributed by atoms with Gasteiger partial charge in [0.25, 0.3) is 5.95 Å². The van der Waals surface area contributed by atoms with Crippen molar-refractivity contribution in [1.82, 2.24) is 19.7 Å². The van der Waals surface area contributed by atoms with Gasteiger partial charge in [0.15, 0.2) is 0 Å². The number of alkyl halides is 2. The van der Waals surface area contributed by atoms with Gasteiger partial charge >= 0.3 is 0 Å². The molecule has 1 atom stereocenters. The van der Waals surface area contributed by atoms with Crippen LogP contribution in [0.2, 0.25) is 0 Å². The van der Waals surface area contributed by atoms with Crippen molar-refractivity contribution in [2.45, 2.75) is 30.7 Å². The fourth-order valence-electron chi connectivity index (χ4n) is 2.72. The van der Waals surface area contributed by atoms with Crippen molar-refractivity contribution >= 4 is 23.2 Å². The summed E-state index contributed by atoms with van der Waals surface area (Å²) >= 11 is 1.47. The third-order valence-corrected chi connectivity index (χ3v) is 4.63. The minimum atomic E-state index is -2.27. The van der Waals surface area contributed by atoms with Gasteiger partial charge in [-0.05, 0) is 37.2 Å². The lowest BCUT2D eigenvalue weighted by atomic mass is 9.87. The fourth-order valence-corrected chi connectivity index (χ4v) is 3.32. The number of aromatic nitrogens is 4. The van der Waals surface area contributed by atoms with E-state index in [1.807, 2.05) is 12.3 Å². The Morgan fingerprint density at radius 2 is 2.09 bits per heavy atom. The first-order valence-electron chi connectivity index (χ1n) is 7.29. The van der Waals surface area contributed by atoms with E-state index in [9.17, 15) is 8.78 Å². The molecule has 2 heterocycles. The highest BCUT2D eigenvalue weighted by Gasteiger charge is 2.27. The zero-order valence-corrected chi connectivity index (χ0v) is 13.4. The monoisotopic (exact) mass is 337 g/mol. The van der Waals surface area contributed by atoms with Crippen molar-refractivity contribution in [1.29, 1.82) is 0 Å². The largest absolute Gasteiger partial charge is 0.383 e. The topological polar surface area (TPSA) is 69.6 Å². The summed E-state index contributed by atoms with van der Waals surface area (Å²) in [5, 5.41) is 5.23. The normalized spacial score (nSPS) is 18.3. The molecule has 3 rings (SSSR count). The molecule has 1 aliphatic carbocycles. The zero-order chi connectivity index (χ0) is 16.4. The molecule has 0 amide bonds. The number of thioether (sulfide) groups is 1. The number of rotatable bonds is 4. The lowest BCUT2D eigenvalue weighted by Gasteiger charge is -2.21. The maximum Gasteiger partial charge on any atom is 0.252 e. The number of hydrogen-bond acceptors (Lipinski definition) is 5. The van der Waals surface area contributed by atoms with Crippen LogP contribution in [0.15, 0.2) is 29.6 Å². The van der Waals surface area contributed by atoms with Crippen LogP contribution in [0, 0.1) is 5.92 Å². The van der Waals surface area contributed by atoms with Crippen LogP contribution in [0.3, 0.4) is 0 Å². The molecule has 2 N–H and O–H groups in total. The van der Waals surface area contributed by atoms with Gasteiger partial charge in [-0.1, -0.05) is 6.08 Å². The first kappa shape index (κ1) is 15.9. The molecule has 0 aromatic carbocycles. The summed E-state index contributed by atoms with van der Waals surface area (Å²) < 4.78 is 27.1. The van der Waals surface area contributed by atoms with Gasteiger partial charge in [-0.15, -0.1) is 11.8 Å². The van der Waals surface area contributed by atoms with E-state index >= 15 is 0 Å². The number of nitrogen functional groups attached to an aromatic ring is 1. The molecule has 23 heavy (non-hydrogen) atoms. The Balaban J connectivity index is 1.99. The van der Waals surface area contributed by atoms with E-state index in [1.165, 1.54) is 16.4 Å². The van der Waals surface area contributed by atoms with Gasteiger partial charge in [0.2, 0.25) is 6.43 Å². The van der Waals surface area contributed by atoms with Crippen LogP contribution >= 0.6 is 11.8 Å². The molecule has 122 valence electrons. The molecule has 0 bridgehead atoms. The molecule has 0 saturated heterocycles. The van der Waals surface area contributed by atoms with Crippen LogP contribution < -0.4 is 5.73 Å². The minimum absolute atomic E-state index is 0.368. The molecule has 0 aliphatic heterocycles. The van der Waals surface area contributed by atoms with Gasteiger partial charge in [-0.3, -0.25) is 0 Å². The molecule has 0 spiro atoms. The van der Waals surface area contributed by atoms with Gasteiger partial charge in [-0.2, -0.15) is 9.78 Å². The molecule has 0 fully saturated rings.